The Morgan fingerprint density at radius 1 is 1.34 bits per heavy atom. The Kier molecular flexibility index (Phi) is 5.22. The largest absolute Gasteiger partial charge is 0.507 e. The Hall–Kier alpha value is -3.52. The molecule has 1 aliphatic rings. The van der Waals surface area contributed by atoms with Crippen molar-refractivity contribution in [3.8, 4) is 5.75 Å². The average molecular weight is 447 g/mol. The van der Waals surface area contributed by atoms with Crippen LogP contribution in [-0.2, 0) is 24.2 Å². The number of benzene rings is 2. The molecule has 0 fully saturated rings. The predicted octanol–water partition coefficient (Wildman–Crippen LogP) is 3.59. The van der Waals surface area contributed by atoms with Gasteiger partial charge in [-0.15, -0.1) is 11.3 Å². The summed E-state index contributed by atoms with van der Waals surface area (Å²) >= 11 is 1.59. The molecule has 2 heterocycles. The maximum atomic E-state index is 13.0. The fourth-order valence-electron chi connectivity index (χ4n) is 4.26. The number of phenols is 1. The number of carbonyl (C=O) groups is 1. The van der Waals surface area contributed by atoms with Crippen LogP contribution in [0.2, 0.25) is 0 Å². The summed E-state index contributed by atoms with van der Waals surface area (Å²) in [5.41, 5.74) is 3.87. The SMILES string of the molecule is C[C@@H]1CCc2c(sc3ncn(CC(=O)N/N=C/c4c(O)ccc5ccccc45)c(=O)c23)C1. The third-order valence-electron chi connectivity index (χ3n) is 5.93. The molecule has 8 heteroatoms. The summed E-state index contributed by atoms with van der Waals surface area (Å²) in [4.78, 5) is 31.9. The van der Waals surface area contributed by atoms with Gasteiger partial charge in [0.2, 0.25) is 0 Å². The number of aromatic nitrogens is 2. The summed E-state index contributed by atoms with van der Waals surface area (Å²) in [6.07, 6.45) is 5.75. The number of nitrogens with one attached hydrogen (secondary N) is 1. The van der Waals surface area contributed by atoms with Crippen LogP contribution >= 0.6 is 11.3 Å². The predicted molar refractivity (Wildman–Crippen MR) is 126 cm³/mol. The summed E-state index contributed by atoms with van der Waals surface area (Å²) in [5, 5.41) is 16.6. The first-order valence-electron chi connectivity index (χ1n) is 10.5. The van der Waals surface area contributed by atoms with Crippen molar-refractivity contribution in [1.82, 2.24) is 15.0 Å². The summed E-state index contributed by atoms with van der Waals surface area (Å²) in [7, 11) is 0. The fraction of sp³-hybridized carbons (Fsp3) is 0.250. The van der Waals surface area contributed by atoms with Crippen molar-refractivity contribution in [1.29, 1.82) is 0 Å². The molecule has 1 amide bonds. The van der Waals surface area contributed by atoms with Crippen LogP contribution in [0.25, 0.3) is 21.0 Å². The van der Waals surface area contributed by atoms with E-state index in [4.69, 9.17) is 0 Å². The molecule has 2 aromatic heterocycles. The fourth-order valence-corrected chi connectivity index (χ4v) is 5.60. The third kappa shape index (κ3) is 3.67. The molecule has 0 spiro atoms. The molecule has 0 radical (unpaired) electrons. The Bertz CT molecular complexity index is 1440. The second kappa shape index (κ2) is 8.20. The quantitative estimate of drug-likeness (QED) is 0.370. The molecule has 32 heavy (non-hydrogen) atoms. The highest BCUT2D eigenvalue weighted by Crippen LogP contribution is 2.35. The van der Waals surface area contributed by atoms with Gasteiger partial charge < -0.3 is 5.11 Å². The standard InChI is InChI=1S/C24H22N4O3S/c1-14-6-8-17-20(10-14)32-23-22(17)24(31)28(13-25-23)12-21(30)27-26-11-18-16-5-3-2-4-15(16)7-9-19(18)29/h2-5,7,9,11,13-14,29H,6,8,10,12H2,1H3,(H,27,30)/b26-11+/t14-/m1/s1. The van der Waals surface area contributed by atoms with Crippen LogP contribution in [0.5, 0.6) is 5.75 Å². The van der Waals surface area contributed by atoms with Gasteiger partial charge in [0.25, 0.3) is 11.5 Å². The van der Waals surface area contributed by atoms with E-state index in [0.717, 1.165) is 40.4 Å². The minimum absolute atomic E-state index is 0.0733. The second-order valence-corrected chi connectivity index (χ2v) is 9.31. The lowest BCUT2D eigenvalue weighted by molar-refractivity contribution is -0.121. The highest BCUT2D eigenvalue weighted by Gasteiger charge is 2.23. The van der Waals surface area contributed by atoms with E-state index in [2.05, 4.69) is 22.4 Å². The van der Waals surface area contributed by atoms with Crippen molar-refractivity contribution in [2.24, 2.45) is 11.0 Å². The molecule has 4 aromatic rings. The summed E-state index contributed by atoms with van der Waals surface area (Å²) < 4.78 is 1.33. The number of aryl methyl sites for hydroxylation is 1. The van der Waals surface area contributed by atoms with Gasteiger partial charge in [0, 0.05) is 10.4 Å². The molecule has 2 N–H and O–H groups in total. The smallest absolute Gasteiger partial charge is 0.262 e. The number of fused-ring (bicyclic) bond motifs is 4. The lowest BCUT2D eigenvalue weighted by Crippen LogP contribution is -2.30. The number of carbonyl (C=O) groups excluding carboxylic acids is 1. The normalized spacial score (nSPS) is 16.0. The van der Waals surface area contributed by atoms with Gasteiger partial charge in [-0.2, -0.15) is 5.10 Å². The summed E-state index contributed by atoms with van der Waals surface area (Å²) in [6.45, 7) is 2.05. The number of amides is 1. The van der Waals surface area contributed by atoms with E-state index in [1.54, 1.807) is 17.4 Å². The lowest BCUT2D eigenvalue weighted by Gasteiger charge is -2.17. The number of thiophene rings is 1. The minimum atomic E-state index is -0.443. The number of hydrogen-bond donors (Lipinski definition) is 2. The topological polar surface area (TPSA) is 96.6 Å². The summed E-state index contributed by atoms with van der Waals surface area (Å²) in [6, 6.07) is 11.0. The number of aromatic hydroxyl groups is 1. The highest BCUT2D eigenvalue weighted by molar-refractivity contribution is 7.18. The molecule has 7 nitrogen and oxygen atoms in total. The zero-order valence-electron chi connectivity index (χ0n) is 17.5. The lowest BCUT2D eigenvalue weighted by atomic mass is 9.89. The van der Waals surface area contributed by atoms with Gasteiger partial charge in [-0.25, -0.2) is 10.4 Å². The molecule has 0 aliphatic heterocycles. The van der Waals surface area contributed by atoms with E-state index in [0.29, 0.717) is 16.9 Å². The number of phenolic OH excluding ortho intramolecular Hbond substituents is 1. The third-order valence-corrected chi connectivity index (χ3v) is 7.09. The maximum Gasteiger partial charge on any atom is 0.262 e. The van der Waals surface area contributed by atoms with Crippen molar-refractivity contribution in [2.45, 2.75) is 32.7 Å². The molecular weight excluding hydrogens is 424 g/mol. The van der Waals surface area contributed by atoms with Crippen LogP contribution in [0.4, 0.5) is 0 Å². The Morgan fingerprint density at radius 3 is 3.06 bits per heavy atom. The summed E-state index contributed by atoms with van der Waals surface area (Å²) in [5.74, 6) is 0.244. The molecular formula is C24H22N4O3S. The van der Waals surface area contributed by atoms with Gasteiger partial charge >= 0.3 is 0 Å². The van der Waals surface area contributed by atoms with E-state index < -0.39 is 5.91 Å². The number of hydrogen-bond acceptors (Lipinski definition) is 6. The van der Waals surface area contributed by atoms with Gasteiger partial charge in [-0.3, -0.25) is 14.2 Å². The van der Waals surface area contributed by atoms with Gasteiger partial charge in [0.15, 0.2) is 0 Å². The number of hydrazone groups is 1. The average Bonchev–Trinajstić information content (AvgIpc) is 3.15. The van der Waals surface area contributed by atoms with Crippen molar-refractivity contribution < 1.29 is 9.90 Å². The van der Waals surface area contributed by atoms with Crippen molar-refractivity contribution in [2.75, 3.05) is 0 Å². The van der Waals surface area contributed by atoms with Crippen LogP contribution in [0.15, 0.2) is 52.6 Å². The van der Waals surface area contributed by atoms with Gasteiger partial charge in [-0.05, 0) is 47.6 Å². The number of rotatable bonds is 4. The minimum Gasteiger partial charge on any atom is -0.507 e. The Morgan fingerprint density at radius 2 is 2.19 bits per heavy atom. The molecule has 0 unspecified atom stereocenters. The van der Waals surface area contributed by atoms with E-state index in [1.165, 1.54) is 22.0 Å². The number of nitrogens with zero attached hydrogens (tertiary/aromatic N) is 3. The van der Waals surface area contributed by atoms with Crippen LogP contribution in [0.3, 0.4) is 0 Å². The van der Waals surface area contributed by atoms with Crippen LogP contribution in [0, 0.1) is 5.92 Å². The van der Waals surface area contributed by atoms with E-state index >= 15 is 0 Å². The van der Waals surface area contributed by atoms with Crippen molar-refractivity contribution in [3.05, 3.63) is 69.1 Å². The first kappa shape index (κ1) is 20.4. The van der Waals surface area contributed by atoms with Crippen LogP contribution in [-0.4, -0.2) is 26.8 Å². The molecule has 0 bridgehead atoms. The van der Waals surface area contributed by atoms with E-state index in [-0.39, 0.29) is 17.9 Å². The van der Waals surface area contributed by atoms with Gasteiger partial charge in [-0.1, -0.05) is 37.3 Å². The van der Waals surface area contributed by atoms with Crippen molar-refractivity contribution in [3.63, 3.8) is 0 Å². The van der Waals surface area contributed by atoms with Gasteiger partial charge in [0.05, 0.1) is 17.9 Å². The van der Waals surface area contributed by atoms with Crippen LogP contribution in [0.1, 0.15) is 29.3 Å². The monoisotopic (exact) mass is 446 g/mol. The maximum absolute atomic E-state index is 13.0. The molecule has 162 valence electrons. The molecule has 5 rings (SSSR count). The Balaban J connectivity index is 1.36. The first-order valence-corrected chi connectivity index (χ1v) is 11.3. The molecule has 0 saturated heterocycles. The molecule has 1 atom stereocenters. The Labute approximate surface area is 188 Å². The molecule has 0 saturated carbocycles. The molecule has 1 aliphatic carbocycles. The van der Waals surface area contributed by atoms with Gasteiger partial charge in [0.1, 0.15) is 17.1 Å². The molecule has 2 aromatic carbocycles. The van der Waals surface area contributed by atoms with E-state index in [9.17, 15) is 14.7 Å². The van der Waals surface area contributed by atoms with Crippen LogP contribution < -0.4 is 11.0 Å². The first-order chi connectivity index (χ1) is 15.5. The van der Waals surface area contributed by atoms with E-state index in [1.807, 2.05) is 30.3 Å². The van der Waals surface area contributed by atoms with Crippen molar-refractivity contribution >= 4 is 44.4 Å². The second-order valence-electron chi connectivity index (χ2n) is 8.22. The zero-order chi connectivity index (χ0) is 22.2. The zero-order valence-corrected chi connectivity index (χ0v) is 18.4. The highest BCUT2D eigenvalue weighted by atomic mass is 32.1.